The zero-order chi connectivity index (χ0) is 13.8. The van der Waals surface area contributed by atoms with Gasteiger partial charge in [0.1, 0.15) is 5.75 Å². The Labute approximate surface area is 117 Å². The molecule has 1 aromatic carbocycles. The maximum atomic E-state index is 5.63. The van der Waals surface area contributed by atoms with Crippen molar-refractivity contribution in [2.24, 2.45) is 0 Å². The first-order valence-corrected chi connectivity index (χ1v) is 7.50. The Morgan fingerprint density at radius 1 is 1.16 bits per heavy atom. The summed E-state index contributed by atoms with van der Waals surface area (Å²) in [5.74, 6) is 2.31. The quantitative estimate of drug-likeness (QED) is 0.882. The molecule has 0 aliphatic heterocycles. The highest BCUT2D eigenvalue weighted by Gasteiger charge is 2.23. The molecular weight excluding hydrogens is 234 g/mol. The van der Waals surface area contributed by atoms with E-state index in [1.54, 1.807) is 7.11 Å². The standard InChI is InChI=1S/C17H27NO/c1-12(2)14-7-10-16(17(11-14)19-4)13-5-8-15(18-3)9-6-13/h7,10-13,15,18H,5-6,8-9H2,1-4H3. The van der Waals surface area contributed by atoms with E-state index in [9.17, 15) is 0 Å². The van der Waals surface area contributed by atoms with Crippen LogP contribution in [-0.2, 0) is 0 Å². The third-order valence-corrected chi connectivity index (χ3v) is 4.50. The van der Waals surface area contributed by atoms with Gasteiger partial charge in [0.05, 0.1) is 7.11 Å². The highest BCUT2D eigenvalue weighted by atomic mass is 16.5. The Hall–Kier alpha value is -1.02. The molecule has 1 aliphatic rings. The average molecular weight is 261 g/mol. The second-order valence-electron chi connectivity index (χ2n) is 5.99. The third-order valence-electron chi connectivity index (χ3n) is 4.50. The lowest BCUT2D eigenvalue weighted by Gasteiger charge is -2.29. The fourth-order valence-corrected chi connectivity index (χ4v) is 3.12. The molecule has 0 bridgehead atoms. The minimum Gasteiger partial charge on any atom is -0.496 e. The first kappa shape index (κ1) is 14.4. The van der Waals surface area contributed by atoms with Gasteiger partial charge in [-0.25, -0.2) is 0 Å². The van der Waals surface area contributed by atoms with Gasteiger partial charge in [-0.05, 0) is 61.8 Å². The molecule has 2 nitrogen and oxygen atoms in total. The normalized spacial score (nSPS) is 23.6. The number of nitrogens with one attached hydrogen (secondary N) is 1. The lowest BCUT2D eigenvalue weighted by atomic mass is 9.81. The van der Waals surface area contributed by atoms with E-state index >= 15 is 0 Å². The summed E-state index contributed by atoms with van der Waals surface area (Å²) >= 11 is 0. The molecule has 2 heteroatoms. The van der Waals surface area contributed by atoms with Gasteiger partial charge >= 0.3 is 0 Å². The van der Waals surface area contributed by atoms with Crippen LogP contribution in [0.5, 0.6) is 5.75 Å². The summed E-state index contributed by atoms with van der Waals surface area (Å²) in [7, 11) is 3.87. The topological polar surface area (TPSA) is 21.3 Å². The van der Waals surface area contributed by atoms with Crippen LogP contribution in [0.25, 0.3) is 0 Å². The highest BCUT2D eigenvalue weighted by Crippen LogP contribution is 2.38. The maximum absolute atomic E-state index is 5.63. The van der Waals surface area contributed by atoms with Gasteiger partial charge in [-0.1, -0.05) is 26.0 Å². The molecule has 0 spiro atoms. The number of methoxy groups -OCH3 is 1. The molecule has 1 saturated carbocycles. The van der Waals surface area contributed by atoms with Gasteiger partial charge in [0.25, 0.3) is 0 Å². The van der Waals surface area contributed by atoms with Gasteiger partial charge in [0.15, 0.2) is 0 Å². The summed E-state index contributed by atoms with van der Waals surface area (Å²) < 4.78 is 5.63. The van der Waals surface area contributed by atoms with Gasteiger partial charge in [0, 0.05) is 6.04 Å². The maximum Gasteiger partial charge on any atom is 0.122 e. The summed E-state index contributed by atoms with van der Waals surface area (Å²) in [6.45, 7) is 4.46. The van der Waals surface area contributed by atoms with Crippen molar-refractivity contribution in [3.63, 3.8) is 0 Å². The Balaban J connectivity index is 2.16. The van der Waals surface area contributed by atoms with Gasteiger partial charge in [-0.3, -0.25) is 0 Å². The molecule has 0 saturated heterocycles. The Morgan fingerprint density at radius 3 is 2.37 bits per heavy atom. The minimum atomic E-state index is 0.558. The second kappa shape index (κ2) is 6.42. The molecule has 1 fully saturated rings. The molecule has 2 rings (SSSR count). The molecule has 1 aromatic rings. The molecule has 19 heavy (non-hydrogen) atoms. The Bertz CT molecular complexity index is 406. The van der Waals surface area contributed by atoms with Crippen LogP contribution < -0.4 is 10.1 Å². The van der Waals surface area contributed by atoms with E-state index in [1.807, 2.05) is 0 Å². The van der Waals surface area contributed by atoms with E-state index in [4.69, 9.17) is 4.74 Å². The smallest absolute Gasteiger partial charge is 0.122 e. The molecule has 0 heterocycles. The lowest BCUT2D eigenvalue weighted by Crippen LogP contribution is -2.29. The number of hydrogen-bond acceptors (Lipinski definition) is 2. The average Bonchev–Trinajstić information content (AvgIpc) is 2.46. The van der Waals surface area contributed by atoms with Gasteiger partial charge in [0.2, 0.25) is 0 Å². The van der Waals surface area contributed by atoms with Crippen molar-refractivity contribution < 1.29 is 4.74 Å². The van der Waals surface area contributed by atoms with Gasteiger partial charge in [-0.15, -0.1) is 0 Å². The molecule has 106 valence electrons. The summed E-state index contributed by atoms with van der Waals surface area (Å²) in [5, 5.41) is 3.40. The Kier molecular flexibility index (Phi) is 4.87. The summed E-state index contributed by atoms with van der Waals surface area (Å²) in [5.41, 5.74) is 2.77. The number of hydrogen-bond donors (Lipinski definition) is 1. The van der Waals surface area contributed by atoms with Crippen LogP contribution in [0.2, 0.25) is 0 Å². The SMILES string of the molecule is CNC1CCC(c2ccc(C(C)C)cc2OC)CC1. The molecular formula is C17H27NO. The fraction of sp³-hybridized carbons (Fsp3) is 0.647. The van der Waals surface area contributed by atoms with E-state index in [-0.39, 0.29) is 0 Å². The minimum absolute atomic E-state index is 0.558. The third kappa shape index (κ3) is 3.30. The fourth-order valence-electron chi connectivity index (χ4n) is 3.12. The molecule has 1 aliphatic carbocycles. The van der Waals surface area contributed by atoms with Crippen molar-refractivity contribution in [2.75, 3.05) is 14.2 Å². The van der Waals surface area contributed by atoms with E-state index in [0.717, 1.165) is 5.75 Å². The lowest BCUT2D eigenvalue weighted by molar-refractivity contribution is 0.345. The monoisotopic (exact) mass is 261 g/mol. The summed E-state index contributed by atoms with van der Waals surface area (Å²) in [6.07, 6.45) is 5.08. The number of rotatable bonds is 4. The van der Waals surface area contributed by atoms with Crippen molar-refractivity contribution in [3.8, 4) is 5.75 Å². The Morgan fingerprint density at radius 2 is 1.84 bits per heavy atom. The molecule has 0 radical (unpaired) electrons. The van der Waals surface area contributed by atoms with Crippen LogP contribution in [-0.4, -0.2) is 20.2 Å². The van der Waals surface area contributed by atoms with Gasteiger partial charge in [-0.2, -0.15) is 0 Å². The van der Waals surface area contributed by atoms with Gasteiger partial charge < -0.3 is 10.1 Å². The summed E-state index contributed by atoms with van der Waals surface area (Å²) in [6, 6.07) is 7.49. The van der Waals surface area contributed by atoms with Crippen LogP contribution in [0, 0.1) is 0 Å². The molecule has 0 aromatic heterocycles. The zero-order valence-electron chi connectivity index (χ0n) is 12.7. The van der Waals surface area contributed by atoms with E-state index in [2.05, 4.69) is 44.4 Å². The van der Waals surface area contributed by atoms with E-state index < -0.39 is 0 Å². The molecule has 0 amide bonds. The predicted octanol–water partition coefficient (Wildman–Crippen LogP) is 4.06. The predicted molar refractivity (Wildman–Crippen MR) is 81.1 cm³/mol. The van der Waals surface area contributed by atoms with Crippen LogP contribution >= 0.6 is 0 Å². The number of ether oxygens (including phenoxy) is 1. The molecule has 0 unspecified atom stereocenters. The first-order chi connectivity index (χ1) is 9.15. The number of benzene rings is 1. The van der Waals surface area contributed by atoms with Crippen molar-refractivity contribution in [2.45, 2.75) is 57.4 Å². The molecule has 0 atom stereocenters. The van der Waals surface area contributed by atoms with Crippen molar-refractivity contribution in [3.05, 3.63) is 29.3 Å². The van der Waals surface area contributed by atoms with Crippen LogP contribution in [0.4, 0.5) is 0 Å². The van der Waals surface area contributed by atoms with E-state index in [0.29, 0.717) is 17.9 Å². The van der Waals surface area contributed by atoms with Crippen molar-refractivity contribution >= 4 is 0 Å². The zero-order valence-corrected chi connectivity index (χ0v) is 12.7. The second-order valence-corrected chi connectivity index (χ2v) is 5.99. The van der Waals surface area contributed by atoms with Crippen LogP contribution in [0.15, 0.2) is 18.2 Å². The van der Waals surface area contributed by atoms with Crippen LogP contribution in [0.3, 0.4) is 0 Å². The summed E-state index contributed by atoms with van der Waals surface area (Å²) in [4.78, 5) is 0. The molecule has 1 N–H and O–H groups in total. The first-order valence-electron chi connectivity index (χ1n) is 7.50. The van der Waals surface area contributed by atoms with Crippen molar-refractivity contribution in [1.82, 2.24) is 5.32 Å². The van der Waals surface area contributed by atoms with Crippen LogP contribution in [0.1, 0.15) is 62.5 Å². The highest BCUT2D eigenvalue weighted by molar-refractivity contribution is 5.41. The largest absolute Gasteiger partial charge is 0.496 e. The van der Waals surface area contributed by atoms with Crippen molar-refractivity contribution in [1.29, 1.82) is 0 Å². The van der Waals surface area contributed by atoms with E-state index in [1.165, 1.54) is 36.8 Å².